The van der Waals surface area contributed by atoms with E-state index in [0.717, 1.165) is 43.3 Å². The molecule has 0 aliphatic carbocycles. The van der Waals surface area contributed by atoms with Crippen LogP contribution in [0.5, 0.6) is 0 Å². The van der Waals surface area contributed by atoms with Gasteiger partial charge in [0.2, 0.25) is 0 Å². The second kappa shape index (κ2) is 12.5. The van der Waals surface area contributed by atoms with E-state index in [9.17, 15) is 0 Å². The van der Waals surface area contributed by atoms with Crippen LogP contribution in [0, 0.1) is 13.8 Å². The normalized spacial score (nSPS) is 11.1. The third-order valence-electron chi connectivity index (χ3n) is 3.55. The third-order valence-corrected chi connectivity index (χ3v) is 5.78. The number of thiazole rings is 1. The molecule has 0 saturated carbocycles. The van der Waals surface area contributed by atoms with E-state index in [1.165, 1.54) is 14.8 Å². The van der Waals surface area contributed by atoms with Crippen LogP contribution in [0.15, 0.2) is 40.2 Å². The number of aryl methyl sites for hydroxylation is 2. The molecule has 0 spiro atoms. The van der Waals surface area contributed by atoms with E-state index in [-0.39, 0.29) is 24.0 Å². The smallest absolute Gasteiger partial charge is 0.190 e. The van der Waals surface area contributed by atoms with Crippen molar-refractivity contribution in [1.29, 1.82) is 0 Å². The summed E-state index contributed by atoms with van der Waals surface area (Å²) in [4.78, 5) is 11.5. The molecule has 1 heterocycles. The van der Waals surface area contributed by atoms with E-state index >= 15 is 0 Å². The first-order chi connectivity index (χ1) is 11.7. The van der Waals surface area contributed by atoms with E-state index in [1.807, 2.05) is 18.8 Å². The summed E-state index contributed by atoms with van der Waals surface area (Å²) in [5.41, 5.74) is 1.15. The minimum Gasteiger partial charge on any atom is -0.356 e. The second-order valence-electron chi connectivity index (χ2n) is 5.44. The Morgan fingerprint density at radius 1 is 1.16 bits per heavy atom. The van der Waals surface area contributed by atoms with Gasteiger partial charge in [-0.2, -0.15) is 0 Å². The van der Waals surface area contributed by atoms with Gasteiger partial charge in [0.05, 0.1) is 10.7 Å². The van der Waals surface area contributed by atoms with Gasteiger partial charge in [0, 0.05) is 36.3 Å². The number of nitrogens with one attached hydrogen (secondary N) is 2. The van der Waals surface area contributed by atoms with Gasteiger partial charge in [0.15, 0.2) is 5.96 Å². The van der Waals surface area contributed by atoms with Crippen molar-refractivity contribution in [3.63, 3.8) is 0 Å². The lowest BCUT2D eigenvalue weighted by Crippen LogP contribution is -2.38. The van der Waals surface area contributed by atoms with Gasteiger partial charge in [-0.3, -0.25) is 4.99 Å². The van der Waals surface area contributed by atoms with Crippen molar-refractivity contribution < 1.29 is 0 Å². The molecular weight excluding hydrogens is 463 g/mol. The summed E-state index contributed by atoms with van der Waals surface area (Å²) in [5.74, 6) is 1.97. The van der Waals surface area contributed by atoms with Crippen molar-refractivity contribution >= 4 is 53.0 Å². The van der Waals surface area contributed by atoms with Crippen LogP contribution in [0.25, 0.3) is 0 Å². The van der Waals surface area contributed by atoms with Gasteiger partial charge in [-0.05, 0) is 38.2 Å². The third kappa shape index (κ3) is 8.42. The fraction of sp³-hybridized carbons (Fsp3) is 0.444. The number of thioether (sulfide) groups is 1. The molecule has 0 aliphatic heterocycles. The Labute approximate surface area is 176 Å². The van der Waals surface area contributed by atoms with Crippen LogP contribution in [0.3, 0.4) is 0 Å². The minimum atomic E-state index is 0. The van der Waals surface area contributed by atoms with Gasteiger partial charge >= 0.3 is 0 Å². The van der Waals surface area contributed by atoms with Gasteiger partial charge in [0.25, 0.3) is 0 Å². The van der Waals surface area contributed by atoms with E-state index in [1.54, 1.807) is 11.3 Å². The van der Waals surface area contributed by atoms with Gasteiger partial charge < -0.3 is 10.6 Å². The maximum Gasteiger partial charge on any atom is 0.190 e. The largest absolute Gasteiger partial charge is 0.356 e. The summed E-state index contributed by atoms with van der Waals surface area (Å²) < 4.78 is 0. The quantitative estimate of drug-likeness (QED) is 0.191. The molecule has 7 heteroatoms. The number of benzene rings is 1. The maximum atomic E-state index is 4.56. The molecule has 0 amide bonds. The summed E-state index contributed by atoms with van der Waals surface area (Å²) in [6.07, 6.45) is 2.04. The first-order valence-corrected chi connectivity index (χ1v) is 10.0. The highest BCUT2D eigenvalue weighted by Gasteiger charge is 2.04. The van der Waals surface area contributed by atoms with Crippen molar-refractivity contribution in [2.24, 2.45) is 4.99 Å². The number of aliphatic imine (C=N–C) groups is 1. The molecule has 0 radical (unpaired) electrons. The average molecular weight is 490 g/mol. The van der Waals surface area contributed by atoms with Crippen molar-refractivity contribution in [3.8, 4) is 0 Å². The second-order valence-corrected chi connectivity index (χ2v) is 7.90. The molecule has 1 aromatic carbocycles. The van der Waals surface area contributed by atoms with Gasteiger partial charge in [-0.15, -0.1) is 47.1 Å². The summed E-state index contributed by atoms with van der Waals surface area (Å²) in [6.45, 7) is 5.97. The lowest BCUT2D eigenvalue weighted by Gasteiger charge is -2.11. The van der Waals surface area contributed by atoms with Crippen molar-refractivity contribution in [3.05, 3.63) is 45.9 Å². The molecule has 4 nitrogen and oxygen atoms in total. The number of halogens is 1. The van der Waals surface area contributed by atoms with E-state index in [2.05, 4.69) is 64.8 Å². The Morgan fingerprint density at radius 2 is 1.88 bits per heavy atom. The molecule has 25 heavy (non-hydrogen) atoms. The number of aromatic nitrogens is 1. The van der Waals surface area contributed by atoms with E-state index in [0.29, 0.717) is 0 Å². The topological polar surface area (TPSA) is 49.3 Å². The number of rotatable bonds is 8. The molecule has 0 atom stereocenters. The fourth-order valence-electron chi connectivity index (χ4n) is 2.14. The molecule has 2 rings (SSSR count). The Kier molecular flexibility index (Phi) is 11.2. The zero-order valence-electron chi connectivity index (χ0n) is 15.0. The Balaban J connectivity index is 0.00000312. The van der Waals surface area contributed by atoms with Crippen LogP contribution in [0.4, 0.5) is 0 Å². The zero-order chi connectivity index (χ0) is 17.2. The predicted octanol–water partition coefficient (Wildman–Crippen LogP) is 4.27. The average Bonchev–Trinajstić information content (AvgIpc) is 2.92. The Hall–Kier alpha value is -0.800. The molecule has 0 fully saturated rings. The van der Waals surface area contributed by atoms with Gasteiger partial charge in [0.1, 0.15) is 0 Å². The molecular formula is C18H27IN4S2. The Bertz CT molecular complexity index is 624. The first-order valence-electron chi connectivity index (χ1n) is 8.24. The fourth-order valence-corrected chi connectivity index (χ4v) is 3.95. The van der Waals surface area contributed by atoms with Crippen molar-refractivity contribution in [2.75, 3.05) is 25.9 Å². The summed E-state index contributed by atoms with van der Waals surface area (Å²) >= 11 is 3.67. The van der Waals surface area contributed by atoms with E-state index in [4.69, 9.17) is 0 Å². The molecule has 0 saturated heterocycles. The van der Waals surface area contributed by atoms with Crippen molar-refractivity contribution in [2.45, 2.75) is 31.6 Å². The maximum absolute atomic E-state index is 4.56. The summed E-state index contributed by atoms with van der Waals surface area (Å²) in [5, 5.41) is 7.91. The molecule has 0 bridgehead atoms. The number of hydrogen-bond acceptors (Lipinski definition) is 4. The molecule has 0 unspecified atom stereocenters. The van der Waals surface area contributed by atoms with Crippen LogP contribution in [-0.4, -0.2) is 36.8 Å². The highest BCUT2D eigenvalue weighted by molar-refractivity contribution is 14.0. The molecule has 1 aromatic heterocycles. The lowest BCUT2D eigenvalue weighted by atomic mass is 10.4. The van der Waals surface area contributed by atoms with Crippen LogP contribution < -0.4 is 10.6 Å². The van der Waals surface area contributed by atoms with Crippen LogP contribution in [0.1, 0.15) is 22.0 Å². The number of hydrogen-bond donors (Lipinski definition) is 2. The zero-order valence-corrected chi connectivity index (χ0v) is 19.0. The van der Waals surface area contributed by atoms with Crippen LogP contribution in [-0.2, 0) is 6.42 Å². The minimum absolute atomic E-state index is 0. The van der Waals surface area contributed by atoms with Crippen LogP contribution >= 0.6 is 47.1 Å². The summed E-state index contributed by atoms with van der Waals surface area (Å²) in [7, 11) is 1.81. The van der Waals surface area contributed by atoms with E-state index < -0.39 is 0 Å². The monoisotopic (exact) mass is 490 g/mol. The lowest BCUT2D eigenvalue weighted by molar-refractivity contribution is 0.774. The highest BCUT2D eigenvalue weighted by Crippen LogP contribution is 2.17. The van der Waals surface area contributed by atoms with Gasteiger partial charge in [-0.1, -0.05) is 18.2 Å². The summed E-state index contributed by atoms with van der Waals surface area (Å²) in [6, 6.07) is 10.5. The standard InChI is InChI=1S/C18H26N4S2.HI/c1-14-15(2)24-17(22-14)10-12-21-18(19-3)20-11-7-13-23-16-8-5-4-6-9-16;/h4-6,8-9H,7,10-13H2,1-3H3,(H2,19,20,21);1H. The molecule has 138 valence electrons. The molecule has 0 aliphatic rings. The molecule has 2 aromatic rings. The van der Waals surface area contributed by atoms with Crippen molar-refractivity contribution in [1.82, 2.24) is 15.6 Å². The predicted molar refractivity (Wildman–Crippen MR) is 122 cm³/mol. The number of guanidine groups is 1. The Morgan fingerprint density at radius 3 is 2.52 bits per heavy atom. The molecule has 2 N–H and O–H groups in total. The SMILES string of the molecule is CN=C(NCCCSc1ccccc1)NCCc1nc(C)c(C)s1.I. The number of nitrogens with zero attached hydrogens (tertiary/aromatic N) is 2. The highest BCUT2D eigenvalue weighted by atomic mass is 127. The van der Waals surface area contributed by atoms with Gasteiger partial charge in [-0.25, -0.2) is 4.98 Å². The first kappa shape index (κ1) is 22.2. The van der Waals surface area contributed by atoms with Crippen LogP contribution in [0.2, 0.25) is 0 Å².